The third kappa shape index (κ3) is 4.61. The summed E-state index contributed by atoms with van der Waals surface area (Å²) in [5.74, 6) is 0.224. The molecule has 0 saturated carbocycles. The maximum Gasteiger partial charge on any atom is 0.255 e. The number of anilines is 1. The number of nitriles is 1. The number of rotatable bonds is 6. The maximum atomic E-state index is 12.7. The van der Waals surface area contributed by atoms with Crippen LogP contribution in [0, 0.1) is 17.2 Å². The second-order valence-electron chi connectivity index (χ2n) is 7.07. The van der Waals surface area contributed by atoms with E-state index in [0.717, 1.165) is 25.9 Å². The van der Waals surface area contributed by atoms with E-state index in [2.05, 4.69) is 16.3 Å². The SMILES string of the molecule is N#CCCCN1CC[C@@H](CNC(=O)c2cc(N)c(Cl)c3c2OCCO3)[C@H](O)C1. The number of nitrogens with two attached hydrogens (primary N) is 1. The first-order chi connectivity index (χ1) is 13.5. The largest absolute Gasteiger partial charge is 0.485 e. The minimum atomic E-state index is -0.528. The van der Waals surface area contributed by atoms with Crippen LogP contribution in [0.4, 0.5) is 5.69 Å². The molecule has 3 rings (SSSR count). The van der Waals surface area contributed by atoms with E-state index in [1.165, 1.54) is 6.07 Å². The molecule has 1 saturated heterocycles. The van der Waals surface area contributed by atoms with E-state index >= 15 is 0 Å². The second-order valence-corrected chi connectivity index (χ2v) is 7.45. The summed E-state index contributed by atoms with van der Waals surface area (Å²) in [6.45, 7) is 3.21. The van der Waals surface area contributed by atoms with Gasteiger partial charge in [0.2, 0.25) is 0 Å². The Morgan fingerprint density at radius 2 is 2.18 bits per heavy atom. The van der Waals surface area contributed by atoms with Crippen LogP contribution in [0.3, 0.4) is 0 Å². The Balaban J connectivity index is 1.58. The highest BCUT2D eigenvalue weighted by Crippen LogP contribution is 2.43. The van der Waals surface area contributed by atoms with Crippen molar-refractivity contribution in [2.45, 2.75) is 25.4 Å². The van der Waals surface area contributed by atoms with Crippen LogP contribution in [0.5, 0.6) is 11.5 Å². The van der Waals surface area contributed by atoms with Crippen LogP contribution in [0.25, 0.3) is 0 Å². The average Bonchev–Trinajstić information content (AvgIpc) is 2.70. The third-order valence-corrected chi connectivity index (χ3v) is 5.51. The second kappa shape index (κ2) is 9.32. The lowest BCUT2D eigenvalue weighted by molar-refractivity contribution is 0.0219. The van der Waals surface area contributed by atoms with Crippen LogP contribution in [0.2, 0.25) is 5.02 Å². The number of ether oxygens (including phenoxy) is 2. The molecule has 2 aliphatic heterocycles. The van der Waals surface area contributed by atoms with E-state index in [0.29, 0.717) is 44.2 Å². The minimum absolute atomic E-state index is 0.0335. The molecule has 0 aliphatic carbocycles. The van der Waals surface area contributed by atoms with Gasteiger partial charge in [-0.25, -0.2) is 0 Å². The Morgan fingerprint density at radius 1 is 1.43 bits per heavy atom. The van der Waals surface area contributed by atoms with E-state index in [1.807, 2.05) is 0 Å². The lowest BCUT2D eigenvalue weighted by atomic mass is 9.93. The molecule has 1 fully saturated rings. The van der Waals surface area contributed by atoms with Crippen LogP contribution < -0.4 is 20.5 Å². The lowest BCUT2D eigenvalue weighted by Crippen LogP contribution is -2.47. The number of benzene rings is 1. The molecule has 4 N–H and O–H groups in total. The minimum Gasteiger partial charge on any atom is -0.485 e. The molecule has 1 aromatic carbocycles. The van der Waals surface area contributed by atoms with Gasteiger partial charge in [0.05, 0.1) is 23.4 Å². The Bertz CT molecular complexity index is 767. The molecule has 28 heavy (non-hydrogen) atoms. The molecule has 0 unspecified atom stereocenters. The van der Waals surface area contributed by atoms with Crippen LogP contribution in [0.15, 0.2) is 6.07 Å². The Labute approximate surface area is 169 Å². The molecule has 2 heterocycles. The quantitative estimate of drug-likeness (QED) is 0.480. The zero-order chi connectivity index (χ0) is 20.1. The van der Waals surface area contributed by atoms with Crippen LogP contribution >= 0.6 is 11.6 Å². The van der Waals surface area contributed by atoms with Gasteiger partial charge in [-0.1, -0.05) is 11.6 Å². The van der Waals surface area contributed by atoms with Crippen molar-refractivity contribution in [3.05, 3.63) is 16.7 Å². The average molecular weight is 409 g/mol. The Morgan fingerprint density at radius 3 is 2.89 bits per heavy atom. The highest BCUT2D eigenvalue weighted by molar-refractivity contribution is 6.35. The standard InChI is InChI=1S/C19H25ClN4O4/c20-16-14(22)9-13(17-18(16)28-8-7-27-17)19(26)23-10-12-3-6-24(11-15(12)25)5-2-1-4-21/h9,12,15,25H,1-3,5-8,10-11,22H2,(H,23,26)/t12-,15+/m0/s1. The highest BCUT2D eigenvalue weighted by atomic mass is 35.5. The number of carbonyl (C=O) groups excluding carboxylic acids is 1. The number of unbranched alkanes of at least 4 members (excludes halogenated alkanes) is 1. The number of piperidine rings is 1. The van der Waals surface area contributed by atoms with Crippen molar-refractivity contribution in [2.75, 3.05) is 45.1 Å². The van der Waals surface area contributed by atoms with Gasteiger partial charge in [-0.2, -0.15) is 5.26 Å². The van der Waals surface area contributed by atoms with Crippen molar-refractivity contribution in [3.8, 4) is 17.6 Å². The summed E-state index contributed by atoms with van der Waals surface area (Å²) in [6.07, 6.45) is 1.57. The number of nitrogen functional groups attached to an aromatic ring is 1. The first kappa shape index (κ1) is 20.5. The first-order valence-electron chi connectivity index (χ1n) is 9.44. The molecule has 1 aromatic rings. The number of carbonyl (C=O) groups is 1. The first-order valence-corrected chi connectivity index (χ1v) is 9.82. The van der Waals surface area contributed by atoms with Crippen molar-refractivity contribution in [3.63, 3.8) is 0 Å². The van der Waals surface area contributed by atoms with Gasteiger partial charge in [0.15, 0.2) is 11.5 Å². The fraction of sp³-hybridized carbons (Fsp3) is 0.579. The summed E-state index contributed by atoms with van der Waals surface area (Å²) in [4.78, 5) is 14.9. The van der Waals surface area contributed by atoms with Crippen LogP contribution in [-0.2, 0) is 0 Å². The number of hydrogen-bond acceptors (Lipinski definition) is 7. The van der Waals surface area contributed by atoms with Gasteiger partial charge in [-0.05, 0) is 32.0 Å². The molecule has 2 atom stereocenters. The molecule has 0 spiro atoms. The van der Waals surface area contributed by atoms with E-state index in [1.54, 1.807) is 0 Å². The molecule has 1 amide bonds. The zero-order valence-corrected chi connectivity index (χ0v) is 16.4. The summed E-state index contributed by atoms with van der Waals surface area (Å²) in [5, 5.41) is 22.1. The zero-order valence-electron chi connectivity index (χ0n) is 15.6. The number of nitrogens with one attached hydrogen (secondary N) is 1. The highest BCUT2D eigenvalue weighted by Gasteiger charge is 2.29. The predicted molar refractivity (Wildman–Crippen MR) is 105 cm³/mol. The number of nitrogens with zero attached hydrogens (tertiary/aromatic N) is 2. The number of likely N-dealkylation sites (tertiary alicyclic amines) is 1. The van der Waals surface area contributed by atoms with E-state index in [9.17, 15) is 9.90 Å². The maximum absolute atomic E-state index is 12.7. The molecule has 152 valence electrons. The number of halogens is 1. The van der Waals surface area contributed by atoms with Gasteiger partial charge in [-0.15, -0.1) is 0 Å². The van der Waals surface area contributed by atoms with Crippen molar-refractivity contribution >= 4 is 23.2 Å². The number of fused-ring (bicyclic) bond motifs is 1. The van der Waals surface area contributed by atoms with Gasteiger partial charge in [-0.3, -0.25) is 4.79 Å². The normalized spacial score (nSPS) is 21.8. The van der Waals surface area contributed by atoms with Crippen molar-refractivity contribution in [1.82, 2.24) is 10.2 Å². The van der Waals surface area contributed by atoms with Gasteiger partial charge in [0.1, 0.15) is 18.2 Å². The fourth-order valence-electron chi connectivity index (χ4n) is 3.55. The number of aliphatic hydroxyl groups excluding tert-OH is 1. The molecule has 9 heteroatoms. The summed E-state index contributed by atoms with van der Waals surface area (Å²) < 4.78 is 11.1. The van der Waals surface area contributed by atoms with Crippen molar-refractivity contribution in [1.29, 1.82) is 5.26 Å². The van der Waals surface area contributed by atoms with Crippen molar-refractivity contribution in [2.24, 2.45) is 5.92 Å². The summed E-state index contributed by atoms with van der Waals surface area (Å²) in [5.41, 5.74) is 6.43. The fourth-order valence-corrected chi connectivity index (χ4v) is 3.75. The summed E-state index contributed by atoms with van der Waals surface area (Å²) in [6, 6.07) is 3.62. The van der Waals surface area contributed by atoms with E-state index in [-0.39, 0.29) is 28.1 Å². The van der Waals surface area contributed by atoms with Gasteiger partial charge in [0.25, 0.3) is 5.91 Å². The number of aliphatic hydroxyl groups is 1. The van der Waals surface area contributed by atoms with Crippen LogP contribution in [-0.4, -0.2) is 61.4 Å². The monoisotopic (exact) mass is 408 g/mol. The molecular weight excluding hydrogens is 384 g/mol. The molecule has 2 aliphatic rings. The molecular formula is C19H25ClN4O4. The summed E-state index contributed by atoms with van der Waals surface area (Å²) in [7, 11) is 0. The predicted octanol–water partition coefficient (Wildman–Crippen LogP) is 1.41. The number of amides is 1. The molecule has 0 aromatic heterocycles. The number of β-amino-alcohol motifs (C(OH)–C–C–N with tert-alkyl or cyclic N) is 1. The molecule has 0 radical (unpaired) electrons. The molecule has 0 bridgehead atoms. The number of hydrogen-bond donors (Lipinski definition) is 3. The van der Waals surface area contributed by atoms with E-state index in [4.69, 9.17) is 32.1 Å². The van der Waals surface area contributed by atoms with Gasteiger partial charge < -0.3 is 30.5 Å². The van der Waals surface area contributed by atoms with Gasteiger partial charge >= 0.3 is 0 Å². The topological polar surface area (TPSA) is 121 Å². The lowest BCUT2D eigenvalue weighted by Gasteiger charge is -2.36. The van der Waals surface area contributed by atoms with E-state index < -0.39 is 6.10 Å². The Kier molecular flexibility index (Phi) is 6.83. The Hall–Kier alpha value is -2.21. The third-order valence-electron chi connectivity index (χ3n) is 5.12. The molecule has 8 nitrogen and oxygen atoms in total. The van der Waals surface area contributed by atoms with Crippen molar-refractivity contribution < 1.29 is 19.4 Å². The van der Waals surface area contributed by atoms with Crippen LogP contribution in [0.1, 0.15) is 29.6 Å². The summed E-state index contributed by atoms with van der Waals surface area (Å²) >= 11 is 6.15. The van der Waals surface area contributed by atoms with Gasteiger partial charge in [0, 0.05) is 25.4 Å². The smallest absolute Gasteiger partial charge is 0.255 e.